The second-order valence-corrected chi connectivity index (χ2v) is 5.69. The molecule has 3 rings (SSSR count). The van der Waals surface area contributed by atoms with Gasteiger partial charge in [0.25, 0.3) is 11.8 Å². The lowest BCUT2D eigenvalue weighted by atomic mass is 10.3. The van der Waals surface area contributed by atoms with E-state index in [1.165, 1.54) is 14.8 Å². The molecule has 1 aromatic heterocycles. The van der Waals surface area contributed by atoms with E-state index in [0.717, 1.165) is 12.1 Å². The Balaban J connectivity index is 1.81. The first-order chi connectivity index (χ1) is 12.1. The Morgan fingerprint density at radius 2 is 1.84 bits per heavy atom. The number of para-hydroxylation sites is 1. The van der Waals surface area contributed by atoms with Crippen molar-refractivity contribution in [3.8, 4) is 5.69 Å². The summed E-state index contributed by atoms with van der Waals surface area (Å²) in [7, 11) is 0. The summed E-state index contributed by atoms with van der Waals surface area (Å²) in [5, 5.41) is 11.5. The van der Waals surface area contributed by atoms with Crippen LogP contribution >= 0.6 is 0 Å². The Morgan fingerprint density at radius 1 is 1.12 bits per heavy atom. The zero-order valence-electron chi connectivity index (χ0n) is 14.4. The maximum atomic E-state index is 12.9. The van der Waals surface area contributed by atoms with Crippen LogP contribution in [0.2, 0.25) is 0 Å². The van der Waals surface area contributed by atoms with Crippen LogP contribution in [0.4, 0.5) is 0 Å². The fourth-order valence-electron chi connectivity index (χ4n) is 2.72. The topological polar surface area (TPSA) is 80.6 Å². The van der Waals surface area contributed by atoms with E-state index in [1.54, 1.807) is 6.92 Å². The van der Waals surface area contributed by atoms with Crippen molar-refractivity contribution >= 4 is 11.8 Å². The average molecular weight is 343 g/mol. The molecule has 1 aliphatic heterocycles. The van der Waals surface area contributed by atoms with Crippen LogP contribution in [0, 0.1) is 6.92 Å². The largest absolute Gasteiger partial charge is 0.372 e. The molecule has 1 aromatic carbocycles. The summed E-state index contributed by atoms with van der Waals surface area (Å²) in [5.41, 5.74) is 1.55. The minimum atomic E-state index is -0.318. The Kier molecular flexibility index (Phi) is 5.08. The Labute approximate surface area is 145 Å². The summed E-state index contributed by atoms with van der Waals surface area (Å²) in [6.45, 7) is 4.97. The second-order valence-electron chi connectivity index (χ2n) is 5.69. The van der Waals surface area contributed by atoms with Gasteiger partial charge < -0.3 is 4.74 Å². The highest BCUT2D eigenvalue weighted by Crippen LogP contribution is 2.17. The standard InChI is InChI=1S/C17H21N5O3/c1-3-25-12-15(23)20-10-7-11-21(20)17(24)16-13(2)18-22(19-16)14-8-5-4-6-9-14/h4-6,8-9H,3,7,10-12H2,1-2H3. The number of aromatic nitrogens is 3. The fourth-order valence-corrected chi connectivity index (χ4v) is 2.72. The van der Waals surface area contributed by atoms with Crippen molar-refractivity contribution in [1.29, 1.82) is 0 Å². The molecular formula is C17H21N5O3. The molecule has 1 fully saturated rings. The summed E-state index contributed by atoms with van der Waals surface area (Å²) < 4.78 is 5.17. The number of carbonyl (C=O) groups excluding carboxylic acids is 2. The lowest BCUT2D eigenvalue weighted by molar-refractivity contribution is -0.145. The SMILES string of the molecule is CCOCC(=O)N1CCCN1C(=O)c1nn(-c2ccccc2)nc1C. The van der Waals surface area contributed by atoms with Gasteiger partial charge in [-0.05, 0) is 32.4 Å². The van der Waals surface area contributed by atoms with Gasteiger partial charge in [-0.2, -0.15) is 9.90 Å². The van der Waals surface area contributed by atoms with Crippen LogP contribution in [-0.4, -0.2) is 63.1 Å². The molecule has 0 spiro atoms. The molecule has 0 atom stereocenters. The van der Waals surface area contributed by atoms with Crippen molar-refractivity contribution in [2.75, 3.05) is 26.3 Å². The minimum absolute atomic E-state index is 0.0318. The molecule has 0 N–H and O–H groups in total. The van der Waals surface area contributed by atoms with Gasteiger partial charge in [0, 0.05) is 19.7 Å². The van der Waals surface area contributed by atoms with Crippen LogP contribution in [-0.2, 0) is 9.53 Å². The average Bonchev–Trinajstić information content (AvgIpc) is 3.27. The molecule has 0 aliphatic carbocycles. The zero-order chi connectivity index (χ0) is 17.8. The molecular weight excluding hydrogens is 322 g/mol. The van der Waals surface area contributed by atoms with Crippen LogP contribution in [0.5, 0.6) is 0 Å². The van der Waals surface area contributed by atoms with Crippen molar-refractivity contribution in [2.45, 2.75) is 20.3 Å². The van der Waals surface area contributed by atoms with E-state index >= 15 is 0 Å². The summed E-state index contributed by atoms with van der Waals surface area (Å²) in [6.07, 6.45) is 0.732. The Morgan fingerprint density at radius 3 is 2.56 bits per heavy atom. The van der Waals surface area contributed by atoms with E-state index in [-0.39, 0.29) is 24.1 Å². The number of hydrogen-bond donors (Lipinski definition) is 0. The molecule has 8 heteroatoms. The third kappa shape index (κ3) is 3.53. The smallest absolute Gasteiger partial charge is 0.294 e. The predicted molar refractivity (Wildman–Crippen MR) is 90.0 cm³/mol. The van der Waals surface area contributed by atoms with Crippen LogP contribution in [0.15, 0.2) is 30.3 Å². The van der Waals surface area contributed by atoms with Crippen LogP contribution in [0.25, 0.3) is 5.69 Å². The summed E-state index contributed by atoms with van der Waals surface area (Å²) in [6, 6.07) is 9.38. The number of benzene rings is 1. The van der Waals surface area contributed by atoms with Gasteiger partial charge in [0.1, 0.15) is 6.61 Å². The molecule has 25 heavy (non-hydrogen) atoms. The maximum Gasteiger partial charge on any atom is 0.294 e. The van der Waals surface area contributed by atoms with Gasteiger partial charge in [-0.15, -0.1) is 5.10 Å². The van der Waals surface area contributed by atoms with Crippen molar-refractivity contribution in [1.82, 2.24) is 25.0 Å². The van der Waals surface area contributed by atoms with Gasteiger partial charge >= 0.3 is 0 Å². The highest BCUT2D eigenvalue weighted by molar-refractivity contribution is 5.95. The van der Waals surface area contributed by atoms with Crippen molar-refractivity contribution in [2.24, 2.45) is 0 Å². The lowest BCUT2D eigenvalue weighted by Crippen LogP contribution is -2.46. The molecule has 1 saturated heterocycles. The first-order valence-electron chi connectivity index (χ1n) is 8.31. The maximum absolute atomic E-state index is 12.9. The van der Waals surface area contributed by atoms with Gasteiger partial charge in [0.2, 0.25) is 0 Å². The molecule has 2 heterocycles. The molecule has 0 saturated carbocycles. The Bertz CT molecular complexity index is 759. The van der Waals surface area contributed by atoms with Crippen LogP contribution < -0.4 is 0 Å². The number of rotatable bonds is 5. The molecule has 8 nitrogen and oxygen atoms in total. The monoisotopic (exact) mass is 343 g/mol. The molecule has 0 unspecified atom stereocenters. The zero-order valence-corrected chi connectivity index (χ0v) is 14.4. The quantitative estimate of drug-likeness (QED) is 0.815. The third-order valence-electron chi connectivity index (χ3n) is 3.96. The number of nitrogens with zero attached hydrogens (tertiary/aromatic N) is 5. The molecule has 132 valence electrons. The normalized spacial score (nSPS) is 14.2. The predicted octanol–water partition coefficient (Wildman–Crippen LogP) is 1.20. The van der Waals surface area contributed by atoms with Gasteiger partial charge in [0.15, 0.2) is 5.69 Å². The van der Waals surface area contributed by atoms with E-state index in [2.05, 4.69) is 10.2 Å². The first-order valence-corrected chi connectivity index (χ1v) is 8.31. The number of aryl methyl sites for hydroxylation is 1. The van der Waals surface area contributed by atoms with Crippen molar-refractivity contribution in [3.63, 3.8) is 0 Å². The Hall–Kier alpha value is -2.74. The number of carbonyl (C=O) groups is 2. The molecule has 2 amide bonds. The number of hydrogen-bond acceptors (Lipinski definition) is 5. The van der Waals surface area contributed by atoms with E-state index in [9.17, 15) is 9.59 Å². The summed E-state index contributed by atoms with van der Waals surface area (Å²) >= 11 is 0. The molecule has 0 bridgehead atoms. The van der Waals surface area contributed by atoms with E-state index in [0.29, 0.717) is 25.4 Å². The van der Waals surface area contributed by atoms with Crippen LogP contribution in [0.3, 0.4) is 0 Å². The van der Waals surface area contributed by atoms with E-state index < -0.39 is 0 Å². The van der Waals surface area contributed by atoms with Gasteiger partial charge in [0.05, 0.1) is 11.4 Å². The van der Waals surface area contributed by atoms with Gasteiger partial charge in [-0.3, -0.25) is 9.59 Å². The highest BCUT2D eigenvalue weighted by atomic mass is 16.5. The molecule has 2 aromatic rings. The highest BCUT2D eigenvalue weighted by Gasteiger charge is 2.33. The lowest BCUT2D eigenvalue weighted by Gasteiger charge is -2.27. The van der Waals surface area contributed by atoms with Crippen molar-refractivity contribution < 1.29 is 14.3 Å². The summed E-state index contributed by atoms with van der Waals surface area (Å²) in [5.74, 6) is -0.539. The second kappa shape index (κ2) is 7.43. The van der Waals surface area contributed by atoms with E-state index in [4.69, 9.17) is 4.74 Å². The van der Waals surface area contributed by atoms with Crippen LogP contribution in [0.1, 0.15) is 29.5 Å². The minimum Gasteiger partial charge on any atom is -0.372 e. The van der Waals surface area contributed by atoms with Gasteiger partial charge in [-0.1, -0.05) is 18.2 Å². The fraction of sp³-hybridized carbons (Fsp3) is 0.412. The molecule has 1 aliphatic rings. The number of amides is 2. The van der Waals surface area contributed by atoms with Crippen molar-refractivity contribution in [3.05, 3.63) is 41.7 Å². The summed E-state index contributed by atoms with van der Waals surface area (Å²) in [4.78, 5) is 26.5. The number of hydrazine groups is 1. The molecule has 0 radical (unpaired) electrons. The number of ether oxygens (including phenoxy) is 1. The first kappa shape index (κ1) is 17.1. The van der Waals surface area contributed by atoms with E-state index in [1.807, 2.05) is 37.3 Å². The third-order valence-corrected chi connectivity index (χ3v) is 3.96. The van der Waals surface area contributed by atoms with Gasteiger partial charge in [-0.25, -0.2) is 10.0 Å².